The molecule has 1 heterocycles. The summed E-state index contributed by atoms with van der Waals surface area (Å²) in [6, 6.07) is 0. The molecule has 1 amide bonds. The standard InChI is InChI=1S/C10H15F2NO3/c1-2-3-10(9(15)16)4-5-13(6-10)8(14)7(11)12/h7H,2-6H2,1H3,(H,15,16). The summed E-state index contributed by atoms with van der Waals surface area (Å²) < 4.78 is 24.4. The number of carbonyl (C=O) groups is 2. The molecule has 1 rings (SSSR count). The smallest absolute Gasteiger partial charge is 0.315 e. The number of halogens is 2. The molecule has 1 N–H and O–H groups in total. The fourth-order valence-corrected chi connectivity index (χ4v) is 2.16. The maximum absolute atomic E-state index is 12.2. The van der Waals surface area contributed by atoms with Crippen LogP contribution in [0.15, 0.2) is 0 Å². The Hall–Kier alpha value is -1.20. The molecule has 1 saturated heterocycles. The highest BCUT2D eigenvalue weighted by molar-refractivity contribution is 5.82. The average Bonchev–Trinajstić information content (AvgIpc) is 2.62. The second-order valence-electron chi connectivity index (χ2n) is 4.15. The Labute approximate surface area is 92.2 Å². The predicted octanol–water partition coefficient (Wildman–Crippen LogP) is 1.35. The molecule has 0 saturated carbocycles. The number of rotatable bonds is 4. The van der Waals surface area contributed by atoms with E-state index in [4.69, 9.17) is 5.11 Å². The molecule has 0 bridgehead atoms. The van der Waals surface area contributed by atoms with Crippen molar-refractivity contribution in [3.63, 3.8) is 0 Å². The summed E-state index contributed by atoms with van der Waals surface area (Å²) in [5.41, 5.74) is -1.03. The molecule has 0 aliphatic carbocycles. The van der Waals surface area contributed by atoms with E-state index in [1.54, 1.807) is 0 Å². The molecule has 1 aliphatic rings. The van der Waals surface area contributed by atoms with Gasteiger partial charge in [0.15, 0.2) is 0 Å². The van der Waals surface area contributed by atoms with Crippen LogP contribution in [-0.4, -0.2) is 41.4 Å². The number of likely N-dealkylation sites (tertiary alicyclic amines) is 1. The van der Waals surface area contributed by atoms with E-state index in [1.165, 1.54) is 0 Å². The maximum atomic E-state index is 12.2. The van der Waals surface area contributed by atoms with Crippen LogP contribution in [-0.2, 0) is 9.59 Å². The average molecular weight is 235 g/mol. The molecular formula is C10H15F2NO3. The summed E-state index contributed by atoms with van der Waals surface area (Å²) >= 11 is 0. The number of hydrogen-bond acceptors (Lipinski definition) is 2. The third-order valence-electron chi connectivity index (χ3n) is 3.03. The normalized spacial score (nSPS) is 25.1. The molecule has 1 atom stereocenters. The number of carboxylic acid groups (broad SMARTS) is 1. The minimum Gasteiger partial charge on any atom is -0.481 e. The van der Waals surface area contributed by atoms with Gasteiger partial charge in [0.05, 0.1) is 5.41 Å². The lowest BCUT2D eigenvalue weighted by atomic mass is 9.83. The third kappa shape index (κ3) is 2.31. The Morgan fingerprint density at radius 2 is 2.12 bits per heavy atom. The monoisotopic (exact) mass is 235 g/mol. The van der Waals surface area contributed by atoms with Gasteiger partial charge in [0.25, 0.3) is 5.91 Å². The first-order chi connectivity index (χ1) is 7.43. The van der Waals surface area contributed by atoms with E-state index >= 15 is 0 Å². The van der Waals surface area contributed by atoms with Crippen LogP contribution in [0.2, 0.25) is 0 Å². The maximum Gasteiger partial charge on any atom is 0.315 e. The molecule has 0 aromatic heterocycles. The number of alkyl halides is 2. The predicted molar refractivity (Wildman–Crippen MR) is 52.2 cm³/mol. The molecule has 1 fully saturated rings. The van der Waals surface area contributed by atoms with E-state index in [2.05, 4.69) is 0 Å². The molecular weight excluding hydrogens is 220 g/mol. The first kappa shape index (κ1) is 12.9. The molecule has 16 heavy (non-hydrogen) atoms. The van der Waals surface area contributed by atoms with E-state index in [9.17, 15) is 18.4 Å². The molecule has 92 valence electrons. The Bertz CT molecular complexity index is 296. The number of amides is 1. The molecule has 4 nitrogen and oxygen atoms in total. The molecule has 0 spiro atoms. The van der Waals surface area contributed by atoms with E-state index in [-0.39, 0.29) is 19.5 Å². The molecule has 0 radical (unpaired) electrons. The van der Waals surface area contributed by atoms with Crippen molar-refractivity contribution in [3.05, 3.63) is 0 Å². The van der Waals surface area contributed by atoms with Crippen molar-refractivity contribution in [3.8, 4) is 0 Å². The van der Waals surface area contributed by atoms with Gasteiger partial charge in [-0.2, -0.15) is 8.78 Å². The van der Waals surface area contributed by atoms with Crippen LogP contribution in [0.3, 0.4) is 0 Å². The van der Waals surface area contributed by atoms with Gasteiger partial charge in [-0.25, -0.2) is 0 Å². The van der Waals surface area contributed by atoms with E-state index in [0.29, 0.717) is 12.8 Å². The number of hydrogen-bond donors (Lipinski definition) is 1. The minimum atomic E-state index is -3.05. The first-order valence-corrected chi connectivity index (χ1v) is 5.23. The van der Waals surface area contributed by atoms with Crippen LogP contribution in [0.1, 0.15) is 26.2 Å². The fraction of sp³-hybridized carbons (Fsp3) is 0.800. The SMILES string of the molecule is CCCC1(C(=O)O)CCN(C(=O)C(F)F)C1. The Morgan fingerprint density at radius 1 is 1.50 bits per heavy atom. The van der Waals surface area contributed by atoms with Gasteiger partial charge in [-0.3, -0.25) is 9.59 Å². The zero-order valence-electron chi connectivity index (χ0n) is 9.08. The van der Waals surface area contributed by atoms with Gasteiger partial charge in [0.2, 0.25) is 0 Å². The van der Waals surface area contributed by atoms with Crippen LogP contribution in [0.5, 0.6) is 0 Å². The quantitative estimate of drug-likeness (QED) is 0.800. The lowest BCUT2D eigenvalue weighted by Crippen LogP contribution is -2.39. The van der Waals surface area contributed by atoms with Crippen LogP contribution >= 0.6 is 0 Å². The van der Waals surface area contributed by atoms with Crippen LogP contribution in [0, 0.1) is 5.41 Å². The number of carboxylic acids is 1. The van der Waals surface area contributed by atoms with Crippen molar-refractivity contribution >= 4 is 11.9 Å². The molecule has 1 aliphatic heterocycles. The van der Waals surface area contributed by atoms with Gasteiger partial charge in [-0.1, -0.05) is 13.3 Å². The summed E-state index contributed by atoms with van der Waals surface area (Å²) in [5.74, 6) is -2.27. The van der Waals surface area contributed by atoms with E-state index in [0.717, 1.165) is 4.90 Å². The summed E-state index contributed by atoms with van der Waals surface area (Å²) in [6.45, 7) is 1.84. The van der Waals surface area contributed by atoms with Crippen LogP contribution in [0.25, 0.3) is 0 Å². The lowest BCUT2D eigenvalue weighted by molar-refractivity contribution is -0.150. The topological polar surface area (TPSA) is 57.6 Å². The highest BCUT2D eigenvalue weighted by Crippen LogP contribution is 2.35. The highest BCUT2D eigenvalue weighted by Gasteiger charge is 2.46. The lowest BCUT2D eigenvalue weighted by Gasteiger charge is -2.23. The van der Waals surface area contributed by atoms with E-state index in [1.807, 2.05) is 6.92 Å². The zero-order valence-corrected chi connectivity index (χ0v) is 9.08. The van der Waals surface area contributed by atoms with Crippen molar-refractivity contribution in [2.24, 2.45) is 5.41 Å². The van der Waals surface area contributed by atoms with Gasteiger partial charge < -0.3 is 10.0 Å². The summed E-state index contributed by atoms with van der Waals surface area (Å²) in [7, 11) is 0. The van der Waals surface area contributed by atoms with Gasteiger partial charge in [0.1, 0.15) is 0 Å². The van der Waals surface area contributed by atoms with Crippen molar-refractivity contribution in [1.29, 1.82) is 0 Å². The summed E-state index contributed by atoms with van der Waals surface area (Å²) in [5, 5.41) is 9.11. The van der Waals surface area contributed by atoms with Crippen molar-refractivity contribution in [2.45, 2.75) is 32.6 Å². The Kier molecular flexibility index (Phi) is 3.83. The second-order valence-corrected chi connectivity index (χ2v) is 4.15. The van der Waals surface area contributed by atoms with Crippen LogP contribution in [0.4, 0.5) is 8.78 Å². The van der Waals surface area contributed by atoms with Crippen molar-refractivity contribution in [2.75, 3.05) is 13.1 Å². The van der Waals surface area contributed by atoms with Crippen LogP contribution < -0.4 is 0 Å². The largest absolute Gasteiger partial charge is 0.481 e. The number of aliphatic carboxylic acids is 1. The number of nitrogens with zero attached hydrogens (tertiary/aromatic N) is 1. The van der Waals surface area contributed by atoms with Gasteiger partial charge in [0, 0.05) is 13.1 Å². The Morgan fingerprint density at radius 3 is 2.56 bits per heavy atom. The van der Waals surface area contributed by atoms with Gasteiger partial charge in [-0.15, -0.1) is 0 Å². The Balaban J connectivity index is 2.74. The number of carbonyl (C=O) groups excluding carboxylic acids is 1. The first-order valence-electron chi connectivity index (χ1n) is 5.23. The van der Waals surface area contributed by atoms with E-state index < -0.39 is 23.7 Å². The summed E-state index contributed by atoms with van der Waals surface area (Å²) in [4.78, 5) is 23.1. The van der Waals surface area contributed by atoms with Gasteiger partial charge in [-0.05, 0) is 12.8 Å². The zero-order chi connectivity index (χ0) is 12.3. The fourth-order valence-electron chi connectivity index (χ4n) is 2.16. The molecule has 1 unspecified atom stereocenters. The molecule has 0 aromatic carbocycles. The minimum absolute atomic E-state index is 0.0979. The third-order valence-corrected chi connectivity index (χ3v) is 3.03. The van der Waals surface area contributed by atoms with Crippen molar-refractivity contribution in [1.82, 2.24) is 4.90 Å². The summed E-state index contributed by atoms with van der Waals surface area (Å²) in [6.07, 6.45) is -1.72. The van der Waals surface area contributed by atoms with Gasteiger partial charge >= 0.3 is 12.4 Å². The molecule has 0 aromatic rings. The van der Waals surface area contributed by atoms with Crippen molar-refractivity contribution < 1.29 is 23.5 Å². The molecule has 6 heteroatoms. The highest BCUT2D eigenvalue weighted by atomic mass is 19.3. The second kappa shape index (κ2) is 4.76.